The summed E-state index contributed by atoms with van der Waals surface area (Å²) in [5.74, 6) is -0.640. The van der Waals surface area contributed by atoms with E-state index in [1.165, 1.54) is 0 Å². The van der Waals surface area contributed by atoms with Crippen molar-refractivity contribution in [2.45, 2.75) is 38.6 Å². The molecule has 4 rings (SSSR count). The summed E-state index contributed by atoms with van der Waals surface area (Å²) in [5, 5.41) is 20.4. The fraction of sp³-hybridized carbons (Fsp3) is 0.267. The van der Waals surface area contributed by atoms with Crippen LogP contribution in [0.4, 0.5) is 0 Å². The number of hydrogen-bond donors (Lipinski definition) is 2. The average molecular weight is 570 g/mol. The zero-order valence-electron chi connectivity index (χ0n) is 21.2. The Bertz CT molecular complexity index is 1430. The monoisotopic (exact) mass is 569 g/mol. The summed E-state index contributed by atoms with van der Waals surface area (Å²) in [7, 11) is 0. The van der Waals surface area contributed by atoms with Gasteiger partial charge >= 0.3 is 11.9 Å². The first-order valence-corrected chi connectivity index (χ1v) is 13.4. The molecule has 2 N–H and O–H groups in total. The molecule has 1 aromatic heterocycles. The van der Waals surface area contributed by atoms with Crippen molar-refractivity contribution in [2.24, 2.45) is 0 Å². The molecule has 1 heterocycles. The Morgan fingerprint density at radius 2 is 1.44 bits per heavy atom. The number of aliphatic carboxylic acids is 2. The topological polar surface area (TPSA) is 98.0 Å². The molecule has 0 unspecified atom stereocenters. The van der Waals surface area contributed by atoms with Crippen LogP contribution in [0.1, 0.15) is 29.5 Å². The second-order valence-electron chi connectivity index (χ2n) is 9.16. The summed E-state index contributed by atoms with van der Waals surface area (Å²) in [6.07, 6.45) is 4.53. The van der Waals surface area contributed by atoms with Crippen LogP contribution in [-0.2, 0) is 35.4 Å². The number of rotatable bonds is 14. The maximum Gasteiger partial charge on any atom is 0.323 e. The minimum Gasteiger partial charge on any atom is -0.494 e. The number of unbranched alkanes of at least 4 members (excludes halogenated alkanes) is 1. The molecule has 7 nitrogen and oxygen atoms in total. The molecule has 0 spiro atoms. The number of aromatic nitrogens is 1. The van der Waals surface area contributed by atoms with Crippen molar-refractivity contribution in [3.8, 4) is 11.5 Å². The lowest BCUT2D eigenvalue weighted by molar-refractivity contribution is -0.138. The number of carboxylic acids is 2. The van der Waals surface area contributed by atoms with E-state index < -0.39 is 11.9 Å². The predicted molar refractivity (Wildman–Crippen MR) is 151 cm³/mol. The standard InChI is InChI=1S/C30H29Cl2NO6/c31-24-6-4-7-25(32)30(24)39-16-2-1-15-38-23-13-10-20(11-14-23)9-12-21-5-3-8-26-29(21)22(17-27(34)35)18-33(26)19-28(36)37/h3-8,10-11,13-14,18H,1-2,9,12,15-17,19H2,(H,34,35)(H,36,37). The molecule has 0 saturated heterocycles. The smallest absolute Gasteiger partial charge is 0.323 e. The van der Waals surface area contributed by atoms with Gasteiger partial charge in [-0.3, -0.25) is 9.59 Å². The summed E-state index contributed by atoms with van der Waals surface area (Å²) in [4.78, 5) is 22.7. The van der Waals surface area contributed by atoms with Crippen LogP contribution in [0.5, 0.6) is 11.5 Å². The van der Waals surface area contributed by atoms with Crippen molar-refractivity contribution >= 4 is 46.0 Å². The van der Waals surface area contributed by atoms with Gasteiger partial charge in [0.15, 0.2) is 5.75 Å². The molecule has 4 aromatic rings. The Kier molecular flexibility index (Phi) is 9.74. The van der Waals surface area contributed by atoms with Crippen LogP contribution < -0.4 is 9.47 Å². The van der Waals surface area contributed by atoms with Crippen LogP contribution >= 0.6 is 23.2 Å². The summed E-state index contributed by atoms with van der Waals surface area (Å²) in [5.41, 5.74) is 3.47. The largest absolute Gasteiger partial charge is 0.494 e. The minimum atomic E-state index is -0.975. The first kappa shape index (κ1) is 28.3. The number of carbonyl (C=O) groups is 2. The minimum absolute atomic E-state index is 0.161. The van der Waals surface area contributed by atoms with E-state index in [0.29, 0.717) is 41.0 Å². The van der Waals surface area contributed by atoms with Crippen LogP contribution in [0.2, 0.25) is 10.0 Å². The Labute approximate surface area is 236 Å². The third kappa shape index (κ3) is 7.68. The molecule has 0 amide bonds. The number of carboxylic acid groups (broad SMARTS) is 2. The van der Waals surface area contributed by atoms with Crippen molar-refractivity contribution in [3.63, 3.8) is 0 Å². The van der Waals surface area contributed by atoms with Crippen LogP contribution in [0.15, 0.2) is 66.9 Å². The van der Waals surface area contributed by atoms with Gasteiger partial charge in [-0.25, -0.2) is 0 Å². The molecule has 9 heteroatoms. The third-order valence-electron chi connectivity index (χ3n) is 6.30. The fourth-order valence-electron chi connectivity index (χ4n) is 4.52. The Morgan fingerprint density at radius 3 is 2.10 bits per heavy atom. The van der Waals surface area contributed by atoms with Gasteiger partial charge < -0.3 is 24.3 Å². The first-order valence-electron chi connectivity index (χ1n) is 12.6. The van der Waals surface area contributed by atoms with Crippen molar-refractivity contribution in [1.29, 1.82) is 0 Å². The summed E-state index contributed by atoms with van der Waals surface area (Å²) in [6.45, 7) is 0.830. The molecule has 0 aliphatic rings. The van der Waals surface area contributed by atoms with Gasteiger partial charge in [0.05, 0.1) is 29.7 Å². The van der Waals surface area contributed by atoms with Gasteiger partial charge in [-0.1, -0.05) is 53.5 Å². The molecule has 0 atom stereocenters. The van der Waals surface area contributed by atoms with E-state index in [2.05, 4.69) is 0 Å². The Hall–Kier alpha value is -3.68. The van der Waals surface area contributed by atoms with Crippen molar-refractivity contribution in [2.75, 3.05) is 13.2 Å². The van der Waals surface area contributed by atoms with Gasteiger partial charge in [0.25, 0.3) is 0 Å². The van der Waals surface area contributed by atoms with E-state index in [0.717, 1.165) is 47.0 Å². The highest BCUT2D eigenvalue weighted by atomic mass is 35.5. The second-order valence-corrected chi connectivity index (χ2v) is 9.97. The quantitative estimate of drug-likeness (QED) is 0.164. The van der Waals surface area contributed by atoms with E-state index >= 15 is 0 Å². The summed E-state index contributed by atoms with van der Waals surface area (Å²) in [6, 6.07) is 18.9. The number of hydrogen-bond acceptors (Lipinski definition) is 4. The number of fused-ring (bicyclic) bond motifs is 1. The number of halogens is 2. The van der Waals surface area contributed by atoms with Gasteiger partial charge in [-0.2, -0.15) is 0 Å². The van der Waals surface area contributed by atoms with E-state index in [4.69, 9.17) is 32.7 Å². The normalized spacial score (nSPS) is 11.0. The lowest BCUT2D eigenvalue weighted by Gasteiger charge is -2.10. The number of aryl methyl sites for hydroxylation is 2. The zero-order valence-corrected chi connectivity index (χ0v) is 22.8. The van der Waals surface area contributed by atoms with Crippen LogP contribution in [0.25, 0.3) is 10.9 Å². The van der Waals surface area contributed by atoms with E-state index in [9.17, 15) is 19.8 Å². The molecule has 204 valence electrons. The Morgan fingerprint density at radius 1 is 0.769 bits per heavy atom. The first-order chi connectivity index (χ1) is 18.8. The molecule has 0 aliphatic heterocycles. The van der Waals surface area contributed by atoms with Crippen LogP contribution in [-0.4, -0.2) is 39.9 Å². The molecule has 3 aromatic carbocycles. The van der Waals surface area contributed by atoms with Crippen LogP contribution in [0.3, 0.4) is 0 Å². The average Bonchev–Trinajstić information content (AvgIpc) is 3.23. The summed E-state index contributed by atoms with van der Waals surface area (Å²) < 4.78 is 13.1. The highest BCUT2D eigenvalue weighted by Gasteiger charge is 2.16. The van der Waals surface area contributed by atoms with Gasteiger partial charge in [-0.15, -0.1) is 0 Å². The lowest BCUT2D eigenvalue weighted by atomic mass is 9.98. The SMILES string of the molecule is O=C(O)Cc1cn(CC(=O)O)c2cccc(CCc3ccc(OCCCCOc4c(Cl)cccc4Cl)cc3)c12. The number of para-hydroxylation sites is 1. The fourth-order valence-corrected chi connectivity index (χ4v) is 5.03. The summed E-state index contributed by atoms with van der Waals surface area (Å²) >= 11 is 12.2. The van der Waals surface area contributed by atoms with E-state index in [1.807, 2.05) is 42.5 Å². The van der Waals surface area contributed by atoms with Gasteiger partial charge in [0.2, 0.25) is 0 Å². The van der Waals surface area contributed by atoms with Crippen molar-refractivity contribution < 1.29 is 29.3 Å². The molecular formula is C30H29Cl2NO6. The lowest BCUT2D eigenvalue weighted by Crippen LogP contribution is -2.07. The van der Waals surface area contributed by atoms with Gasteiger partial charge in [0, 0.05) is 17.1 Å². The second kappa shape index (κ2) is 13.4. The molecule has 0 bridgehead atoms. The van der Waals surface area contributed by atoms with Gasteiger partial charge in [0.1, 0.15) is 12.3 Å². The highest BCUT2D eigenvalue weighted by molar-refractivity contribution is 6.37. The van der Waals surface area contributed by atoms with Gasteiger partial charge in [-0.05, 0) is 72.7 Å². The molecule has 39 heavy (non-hydrogen) atoms. The molecule has 0 aliphatic carbocycles. The third-order valence-corrected chi connectivity index (χ3v) is 6.89. The molecule has 0 saturated carbocycles. The number of benzene rings is 3. The van der Waals surface area contributed by atoms with Crippen LogP contribution in [0, 0.1) is 0 Å². The zero-order chi connectivity index (χ0) is 27.8. The van der Waals surface area contributed by atoms with E-state index in [-0.39, 0.29) is 13.0 Å². The number of nitrogens with zero attached hydrogens (tertiary/aromatic N) is 1. The maximum atomic E-state index is 11.4. The van der Waals surface area contributed by atoms with E-state index in [1.54, 1.807) is 29.0 Å². The molecule has 0 radical (unpaired) electrons. The highest BCUT2D eigenvalue weighted by Crippen LogP contribution is 2.32. The maximum absolute atomic E-state index is 11.4. The number of ether oxygens (including phenoxy) is 2. The van der Waals surface area contributed by atoms with Crippen molar-refractivity contribution in [3.05, 3.63) is 93.6 Å². The van der Waals surface area contributed by atoms with Crippen molar-refractivity contribution in [1.82, 2.24) is 4.57 Å². The molecule has 0 fully saturated rings. The molecular weight excluding hydrogens is 541 g/mol. The Balaban J connectivity index is 1.29. The predicted octanol–water partition coefficient (Wildman–Crippen LogP) is 6.68.